The molecule has 0 saturated heterocycles. The Hall–Kier alpha value is -1.58. The predicted molar refractivity (Wildman–Crippen MR) is 88.7 cm³/mol. The summed E-state index contributed by atoms with van der Waals surface area (Å²) < 4.78 is 1.11. The van der Waals surface area contributed by atoms with E-state index in [0.717, 1.165) is 14.7 Å². The van der Waals surface area contributed by atoms with Crippen LogP contribution >= 0.6 is 22.6 Å². The summed E-state index contributed by atoms with van der Waals surface area (Å²) in [6.45, 7) is 0. The van der Waals surface area contributed by atoms with Gasteiger partial charge in [0.15, 0.2) is 5.75 Å². The Kier molecular flexibility index (Phi) is 4.63. The maximum Gasteiger partial charge on any atom is 0.152 e. The fourth-order valence-corrected chi connectivity index (χ4v) is 2.07. The summed E-state index contributed by atoms with van der Waals surface area (Å²) in [6, 6.07) is 10.7. The van der Waals surface area contributed by atoms with E-state index in [1.807, 2.05) is 24.3 Å². The molecule has 0 heterocycles. The summed E-state index contributed by atoms with van der Waals surface area (Å²) in [4.78, 5) is 4.25. The molecule has 0 spiro atoms. The fraction of sp³-hybridized carbons (Fsp3) is 0. The monoisotopic (exact) mass is 382 g/mol. The Morgan fingerprint density at radius 1 is 1.15 bits per heavy atom. The van der Waals surface area contributed by atoms with Crippen LogP contribution in [0.25, 0.3) is 0 Å². The molecule has 0 saturated carbocycles. The summed E-state index contributed by atoms with van der Waals surface area (Å²) in [6.07, 6.45) is 1.48. The number of benzene rings is 2. The smallest absolute Gasteiger partial charge is 0.152 e. The van der Waals surface area contributed by atoms with Crippen LogP contribution in [0.3, 0.4) is 0 Å². The van der Waals surface area contributed by atoms with Gasteiger partial charge in [-0.05, 0) is 52.9 Å². The molecule has 3 N–H and O–H groups in total. The van der Waals surface area contributed by atoms with Gasteiger partial charge in [-0.15, -0.1) is 5.23 Å². The highest BCUT2D eigenvalue weighted by Crippen LogP contribution is 2.27. The molecule has 102 valence electrons. The second-order valence-corrected chi connectivity index (χ2v) is 5.49. The predicted octanol–water partition coefficient (Wildman–Crippen LogP) is 1.59. The average Bonchev–Trinajstić information content (AvgIpc) is 2.41. The lowest BCUT2D eigenvalue weighted by Gasteiger charge is -2.12. The molecule has 0 aliphatic carbocycles. The third-order valence-corrected chi connectivity index (χ3v) is 3.38. The molecule has 7 heteroatoms. The van der Waals surface area contributed by atoms with Crippen molar-refractivity contribution >= 4 is 53.5 Å². The molecule has 0 unspecified atom stereocenters. The van der Waals surface area contributed by atoms with Gasteiger partial charge in [0, 0.05) is 15.3 Å². The van der Waals surface area contributed by atoms with Crippen molar-refractivity contribution in [3.05, 3.63) is 45.5 Å². The third kappa shape index (κ3) is 3.50. The number of rotatable bonds is 3. The first-order valence-corrected chi connectivity index (χ1v) is 6.86. The SMILES string of the molecule is Bc1cc(/C=N/c2ccc(I)cc2)c(O)c(N(O)O)c1. The van der Waals surface area contributed by atoms with Gasteiger partial charge in [-0.2, -0.15) is 0 Å². The van der Waals surface area contributed by atoms with Crippen molar-refractivity contribution in [1.82, 2.24) is 0 Å². The second kappa shape index (κ2) is 6.25. The van der Waals surface area contributed by atoms with Crippen molar-refractivity contribution in [3.63, 3.8) is 0 Å². The maximum atomic E-state index is 9.95. The van der Waals surface area contributed by atoms with Crippen molar-refractivity contribution in [1.29, 1.82) is 0 Å². The number of hydrogen-bond acceptors (Lipinski definition) is 5. The van der Waals surface area contributed by atoms with Gasteiger partial charge < -0.3 is 5.11 Å². The fourth-order valence-electron chi connectivity index (χ4n) is 1.71. The van der Waals surface area contributed by atoms with Crippen molar-refractivity contribution in [2.45, 2.75) is 0 Å². The number of anilines is 1. The molecule has 2 rings (SSSR count). The van der Waals surface area contributed by atoms with Gasteiger partial charge in [-0.1, -0.05) is 11.5 Å². The van der Waals surface area contributed by atoms with E-state index in [1.54, 1.807) is 13.9 Å². The van der Waals surface area contributed by atoms with Gasteiger partial charge >= 0.3 is 0 Å². The van der Waals surface area contributed by atoms with Crippen LogP contribution in [0.15, 0.2) is 41.4 Å². The first kappa shape index (κ1) is 14.8. The minimum Gasteiger partial charge on any atom is -0.505 e. The van der Waals surface area contributed by atoms with Crippen LogP contribution < -0.4 is 10.7 Å². The van der Waals surface area contributed by atoms with Crippen LogP contribution in [0.2, 0.25) is 0 Å². The maximum absolute atomic E-state index is 9.95. The first-order valence-electron chi connectivity index (χ1n) is 5.78. The molecule has 0 aliphatic heterocycles. The molecule has 0 aromatic heterocycles. The molecular formula is C13H12BIN2O3. The van der Waals surface area contributed by atoms with E-state index in [0.29, 0.717) is 5.56 Å². The summed E-state index contributed by atoms with van der Waals surface area (Å²) in [5.74, 6) is -0.241. The molecule has 2 aromatic rings. The Morgan fingerprint density at radius 3 is 2.40 bits per heavy atom. The molecule has 20 heavy (non-hydrogen) atoms. The number of aromatic hydroxyl groups is 1. The number of phenols is 1. The minimum absolute atomic E-state index is 0.0888. The van der Waals surface area contributed by atoms with Gasteiger partial charge in [0.1, 0.15) is 13.5 Å². The van der Waals surface area contributed by atoms with Crippen LogP contribution in [0.5, 0.6) is 5.75 Å². The van der Waals surface area contributed by atoms with E-state index in [9.17, 15) is 5.11 Å². The summed E-state index contributed by atoms with van der Waals surface area (Å²) in [7, 11) is 1.79. The van der Waals surface area contributed by atoms with Crippen molar-refractivity contribution < 1.29 is 15.5 Å². The lowest BCUT2D eigenvalue weighted by Crippen LogP contribution is -2.15. The lowest BCUT2D eigenvalue weighted by molar-refractivity contribution is 0.0280. The van der Waals surface area contributed by atoms with Crippen molar-refractivity contribution in [2.24, 2.45) is 4.99 Å². The molecule has 0 amide bonds. The molecule has 0 radical (unpaired) electrons. The molecule has 5 nitrogen and oxygen atoms in total. The quantitative estimate of drug-likeness (QED) is 0.326. The Bertz CT molecular complexity index is 645. The van der Waals surface area contributed by atoms with E-state index in [4.69, 9.17) is 10.4 Å². The largest absolute Gasteiger partial charge is 0.505 e. The van der Waals surface area contributed by atoms with E-state index >= 15 is 0 Å². The van der Waals surface area contributed by atoms with Crippen LogP contribution in [-0.4, -0.2) is 29.6 Å². The topological polar surface area (TPSA) is 76.3 Å². The van der Waals surface area contributed by atoms with E-state index in [-0.39, 0.29) is 16.7 Å². The van der Waals surface area contributed by atoms with Crippen LogP contribution in [0.1, 0.15) is 5.56 Å². The normalized spacial score (nSPS) is 10.9. The Labute approximate surface area is 130 Å². The zero-order chi connectivity index (χ0) is 14.7. The first-order chi connectivity index (χ1) is 9.47. The average molecular weight is 382 g/mol. The van der Waals surface area contributed by atoms with Crippen LogP contribution in [0.4, 0.5) is 11.4 Å². The highest BCUT2D eigenvalue weighted by Gasteiger charge is 2.11. The molecular weight excluding hydrogens is 370 g/mol. The van der Waals surface area contributed by atoms with E-state index in [1.165, 1.54) is 12.3 Å². The highest BCUT2D eigenvalue weighted by molar-refractivity contribution is 14.1. The van der Waals surface area contributed by atoms with Gasteiger partial charge in [0.05, 0.1) is 5.69 Å². The summed E-state index contributed by atoms with van der Waals surface area (Å²) >= 11 is 2.20. The molecule has 0 bridgehead atoms. The molecule has 0 fully saturated rings. The molecule has 0 aliphatic rings. The lowest BCUT2D eigenvalue weighted by atomic mass is 9.93. The van der Waals surface area contributed by atoms with Gasteiger partial charge in [0.2, 0.25) is 0 Å². The molecule has 2 aromatic carbocycles. The van der Waals surface area contributed by atoms with E-state index in [2.05, 4.69) is 27.6 Å². The zero-order valence-corrected chi connectivity index (χ0v) is 12.8. The second-order valence-electron chi connectivity index (χ2n) is 4.25. The summed E-state index contributed by atoms with van der Waals surface area (Å²) in [5.41, 5.74) is 1.84. The van der Waals surface area contributed by atoms with E-state index < -0.39 is 0 Å². The van der Waals surface area contributed by atoms with Gasteiger partial charge in [0.25, 0.3) is 0 Å². The molecule has 0 atom stereocenters. The number of nitrogens with zero attached hydrogens (tertiary/aromatic N) is 2. The number of phenolic OH excluding ortho intramolecular Hbond substituents is 1. The van der Waals surface area contributed by atoms with Crippen LogP contribution in [-0.2, 0) is 0 Å². The standard InChI is InChI=1S/C13H12BIN2O3/c14-9-5-8(13(18)12(6-9)17(19)20)7-16-11-3-1-10(15)2-4-11/h1-7,18-20H,14H2/b16-7+. The third-order valence-electron chi connectivity index (χ3n) is 2.66. The minimum atomic E-state index is -0.241. The summed E-state index contributed by atoms with van der Waals surface area (Å²) in [5, 5.41) is 28.0. The number of halogens is 1. The highest BCUT2D eigenvalue weighted by atomic mass is 127. The zero-order valence-electron chi connectivity index (χ0n) is 10.7. The number of aliphatic imine (C=N–C) groups is 1. The van der Waals surface area contributed by atoms with Crippen LogP contribution in [0, 0.1) is 3.57 Å². The van der Waals surface area contributed by atoms with Crippen molar-refractivity contribution in [2.75, 3.05) is 5.23 Å². The Morgan fingerprint density at radius 2 is 1.80 bits per heavy atom. The Balaban J connectivity index is 2.36. The van der Waals surface area contributed by atoms with Gasteiger partial charge in [-0.3, -0.25) is 15.4 Å². The van der Waals surface area contributed by atoms with Crippen molar-refractivity contribution in [3.8, 4) is 5.75 Å². The van der Waals surface area contributed by atoms with Gasteiger partial charge in [-0.25, -0.2) is 0 Å². The number of hydrogen-bond donors (Lipinski definition) is 3.